The van der Waals surface area contributed by atoms with Crippen LogP contribution in [0.4, 0.5) is 23.4 Å². The molecule has 1 aromatic heterocycles. The molecule has 0 unspecified atom stereocenters. The van der Waals surface area contributed by atoms with Crippen molar-refractivity contribution >= 4 is 11.7 Å². The Morgan fingerprint density at radius 1 is 1.22 bits per heavy atom. The normalized spacial score (nSPS) is 11.8. The predicted octanol–water partition coefficient (Wildman–Crippen LogP) is 3.65. The number of hydrogen-bond donors (Lipinski definition) is 2. The molecular formula is C17H22F4N4O2. The summed E-state index contributed by atoms with van der Waals surface area (Å²) in [5, 5.41) is 4.28. The van der Waals surface area contributed by atoms with Gasteiger partial charge in [-0.15, -0.1) is 0 Å². The lowest BCUT2D eigenvalue weighted by molar-refractivity contribution is -0.140. The van der Waals surface area contributed by atoms with E-state index in [-0.39, 0.29) is 14.5 Å². The van der Waals surface area contributed by atoms with Gasteiger partial charge in [0, 0.05) is 8.42 Å². The maximum atomic E-state index is 14.1. The molecule has 0 radical (unpaired) electrons. The van der Waals surface area contributed by atoms with Crippen molar-refractivity contribution in [2.45, 2.75) is 25.6 Å². The minimum atomic E-state index is -4.55. The van der Waals surface area contributed by atoms with Crippen LogP contribution in [-0.4, -0.2) is 41.2 Å². The molecule has 2 aromatic rings. The summed E-state index contributed by atoms with van der Waals surface area (Å²) in [5.74, 6) is -1.31. The number of aromatic nitrogens is 2. The topological polar surface area (TPSA) is 76.1 Å². The summed E-state index contributed by atoms with van der Waals surface area (Å²) >= 11 is 0. The molecule has 2 N–H and O–H groups in total. The number of carbonyl (C=O) groups is 1. The highest BCUT2D eigenvalue weighted by atomic mass is 19.4. The molecule has 1 heterocycles. The fourth-order valence-corrected chi connectivity index (χ4v) is 2.09. The molecule has 0 saturated carbocycles. The van der Waals surface area contributed by atoms with Gasteiger partial charge in [-0.2, -0.15) is 13.2 Å². The van der Waals surface area contributed by atoms with Crippen molar-refractivity contribution in [3.05, 3.63) is 36.3 Å². The Kier molecular flexibility index (Phi) is 5.87. The van der Waals surface area contributed by atoms with Crippen molar-refractivity contribution in [1.82, 2.24) is 15.3 Å². The van der Waals surface area contributed by atoms with E-state index in [4.69, 9.17) is 4.74 Å². The van der Waals surface area contributed by atoms with Gasteiger partial charge in [0.2, 0.25) is 5.91 Å². The van der Waals surface area contributed by atoms with Crippen LogP contribution in [0, 0.1) is 5.82 Å². The van der Waals surface area contributed by atoms with Crippen LogP contribution < -0.4 is 15.4 Å². The van der Waals surface area contributed by atoms with Gasteiger partial charge < -0.3 is 15.4 Å². The van der Waals surface area contributed by atoms with Crippen LogP contribution in [0.5, 0.6) is 5.75 Å². The molecule has 0 fully saturated rings. The number of nitrogens with one attached hydrogen (secondary N) is 2. The van der Waals surface area contributed by atoms with E-state index < -0.39 is 30.0 Å². The highest BCUT2D eigenvalue weighted by Crippen LogP contribution is 2.23. The summed E-state index contributed by atoms with van der Waals surface area (Å²) in [6.45, 7) is 1.14. The first-order chi connectivity index (χ1) is 12.5. The summed E-state index contributed by atoms with van der Waals surface area (Å²) in [6.07, 6.45) is -3.63. The maximum Gasteiger partial charge on any atom is 0.405 e. The average Bonchev–Trinajstić information content (AvgIpc) is 2.60. The smallest absolute Gasteiger partial charge is 0.405 e. The molecule has 0 aliphatic rings. The fourth-order valence-electron chi connectivity index (χ4n) is 2.09. The zero-order valence-electron chi connectivity index (χ0n) is 14.8. The number of hydrogen-bond acceptors (Lipinski definition) is 5. The molecule has 1 aromatic carbocycles. The molecule has 0 atom stereocenters. The van der Waals surface area contributed by atoms with Crippen LogP contribution >= 0.6 is 0 Å². The van der Waals surface area contributed by atoms with Gasteiger partial charge in [0.05, 0.1) is 13.3 Å². The van der Waals surface area contributed by atoms with Gasteiger partial charge in [0.15, 0.2) is 17.5 Å². The van der Waals surface area contributed by atoms with E-state index >= 15 is 0 Å². The molecule has 0 saturated heterocycles. The number of amides is 1. The molecule has 0 spiro atoms. The van der Waals surface area contributed by atoms with Crippen LogP contribution in [0.3, 0.4) is 0 Å². The summed E-state index contributed by atoms with van der Waals surface area (Å²) in [5.41, 5.74) is -0.976. The Morgan fingerprint density at radius 2 is 1.85 bits per heavy atom. The third-order valence-electron chi connectivity index (χ3n) is 3.54. The molecule has 27 heavy (non-hydrogen) atoms. The lowest BCUT2D eigenvalue weighted by Gasteiger charge is -2.26. The molecule has 10 heteroatoms. The minimum Gasteiger partial charge on any atom is -0.497 e. The predicted molar refractivity (Wildman–Crippen MR) is 95.0 cm³/mol. The maximum absolute atomic E-state index is 14.1. The quantitative estimate of drug-likeness (QED) is 0.737. The van der Waals surface area contributed by atoms with Gasteiger partial charge >= 0.3 is 6.18 Å². The van der Waals surface area contributed by atoms with Crippen molar-refractivity contribution < 1.29 is 29.9 Å². The van der Waals surface area contributed by atoms with Crippen molar-refractivity contribution in [3.8, 4) is 17.1 Å². The Morgan fingerprint density at radius 3 is 2.41 bits per heavy atom. The third kappa shape index (κ3) is 5.53. The van der Waals surface area contributed by atoms with Crippen molar-refractivity contribution in [2.75, 3.05) is 19.0 Å². The highest BCUT2D eigenvalue weighted by molar-refractivity contribution is 5.88. The Balaban J connectivity index is 0.00000392. The SMILES string of the molecule is COc1ccc(-c2ncc(F)c(NC(C)(C)C(=O)NCC(F)(F)F)n2)cc1.[HH].[HH]. The first kappa shape index (κ1) is 20.4. The van der Waals surface area contributed by atoms with Gasteiger partial charge in [0.1, 0.15) is 17.8 Å². The number of alkyl halides is 3. The van der Waals surface area contributed by atoms with Gasteiger partial charge in [0.25, 0.3) is 0 Å². The molecule has 0 aliphatic heterocycles. The summed E-state index contributed by atoms with van der Waals surface area (Å²) < 4.78 is 55.9. The summed E-state index contributed by atoms with van der Waals surface area (Å²) in [6, 6.07) is 6.67. The molecule has 0 bridgehead atoms. The van der Waals surface area contributed by atoms with Crippen LogP contribution in [0.1, 0.15) is 16.7 Å². The molecule has 1 amide bonds. The number of methoxy groups -OCH3 is 1. The van der Waals surface area contributed by atoms with E-state index in [0.717, 1.165) is 6.20 Å². The second-order valence-electron chi connectivity index (χ2n) is 6.17. The highest BCUT2D eigenvalue weighted by Gasteiger charge is 2.33. The Bertz CT molecular complexity index is 818. The van der Waals surface area contributed by atoms with E-state index in [2.05, 4.69) is 15.3 Å². The molecule has 150 valence electrons. The lowest BCUT2D eigenvalue weighted by atomic mass is 10.0. The number of ether oxygens (including phenoxy) is 1. The standard InChI is InChI=1S/C17H18F4N4O2.2H2/c1-16(2,15(26)23-9-17(19,20)21)25-14-12(18)8-22-13(24-14)10-4-6-11(27-3)7-5-10;;/h4-8H,9H2,1-3H3,(H,23,26)(H,22,24,25);2*1H. The Hall–Kier alpha value is -2.91. The fraction of sp³-hybridized carbons (Fsp3) is 0.353. The van der Waals surface area contributed by atoms with Crippen LogP contribution in [0.2, 0.25) is 0 Å². The summed E-state index contributed by atoms with van der Waals surface area (Å²) in [7, 11) is 1.51. The number of carbonyl (C=O) groups excluding carboxylic acids is 1. The van der Waals surface area contributed by atoms with Gasteiger partial charge in [-0.05, 0) is 38.1 Å². The first-order valence-corrected chi connectivity index (χ1v) is 7.82. The first-order valence-electron chi connectivity index (χ1n) is 7.82. The number of rotatable bonds is 6. The average molecular weight is 390 g/mol. The lowest BCUT2D eigenvalue weighted by Crippen LogP contribution is -2.50. The van der Waals surface area contributed by atoms with E-state index in [9.17, 15) is 22.4 Å². The number of halogens is 4. The van der Waals surface area contributed by atoms with Gasteiger partial charge in [-0.1, -0.05) is 0 Å². The second-order valence-corrected chi connectivity index (χ2v) is 6.17. The number of anilines is 1. The zero-order valence-corrected chi connectivity index (χ0v) is 14.8. The molecule has 2 rings (SSSR count). The monoisotopic (exact) mass is 390 g/mol. The number of nitrogens with zero attached hydrogens (tertiary/aromatic N) is 2. The van der Waals surface area contributed by atoms with E-state index in [0.29, 0.717) is 11.3 Å². The third-order valence-corrected chi connectivity index (χ3v) is 3.54. The minimum absolute atomic E-state index is 0. The zero-order chi connectivity index (χ0) is 20.2. The van der Waals surface area contributed by atoms with Crippen LogP contribution in [0.15, 0.2) is 30.5 Å². The van der Waals surface area contributed by atoms with Crippen molar-refractivity contribution in [1.29, 1.82) is 0 Å². The van der Waals surface area contributed by atoms with Crippen LogP contribution in [0.25, 0.3) is 11.4 Å². The molecule has 6 nitrogen and oxygen atoms in total. The van der Waals surface area contributed by atoms with Crippen molar-refractivity contribution in [2.24, 2.45) is 0 Å². The van der Waals surface area contributed by atoms with E-state index in [1.54, 1.807) is 29.6 Å². The number of benzene rings is 1. The van der Waals surface area contributed by atoms with E-state index in [1.807, 2.05) is 0 Å². The van der Waals surface area contributed by atoms with Gasteiger partial charge in [-0.3, -0.25) is 4.79 Å². The largest absolute Gasteiger partial charge is 0.497 e. The summed E-state index contributed by atoms with van der Waals surface area (Å²) in [4.78, 5) is 19.9. The molecular weight excluding hydrogens is 368 g/mol. The second kappa shape index (κ2) is 7.77. The van der Waals surface area contributed by atoms with Gasteiger partial charge in [-0.25, -0.2) is 14.4 Å². The van der Waals surface area contributed by atoms with E-state index in [1.165, 1.54) is 21.0 Å². The van der Waals surface area contributed by atoms with Crippen LogP contribution in [-0.2, 0) is 4.79 Å². The Labute approximate surface area is 155 Å². The van der Waals surface area contributed by atoms with Crippen molar-refractivity contribution in [3.63, 3.8) is 0 Å². The molecule has 0 aliphatic carbocycles.